The largest absolute Gasteiger partial charge is 2.00 e. The Balaban J connectivity index is 0.00000423. The van der Waals surface area contributed by atoms with Crippen LogP contribution in [0.4, 0.5) is 0 Å². The molecule has 8 bridgehead atoms. The molecule has 0 fully saturated rings. The number of aromatic hydroxyl groups is 1. The van der Waals surface area contributed by atoms with Crippen LogP contribution in [0.25, 0.3) is 33.3 Å². The first-order valence-electron chi connectivity index (χ1n) is 15.9. The number of aromatic nitrogens is 4. The topological polar surface area (TPSA) is 91.3 Å². The van der Waals surface area contributed by atoms with E-state index < -0.39 is 5.41 Å². The third-order valence-corrected chi connectivity index (χ3v) is 9.59. The van der Waals surface area contributed by atoms with Gasteiger partial charge < -0.3 is 15.1 Å². The van der Waals surface area contributed by atoms with Crippen LogP contribution in [-0.2, 0) is 34.7 Å². The minimum Gasteiger partial charge on any atom is -0.657 e. The van der Waals surface area contributed by atoms with Gasteiger partial charge in [-0.25, -0.2) is 9.97 Å². The zero-order valence-electron chi connectivity index (χ0n) is 26.8. The van der Waals surface area contributed by atoms with E-state index in [1.807, 2.05) is 19.9 Å². The molecule has 43 heavy (non-hydrogen) atoms. The summed E-state index contributed by atoms with van der Waals surface area (Å²) >= 11 is 0. The molecule has 2 aromatic rings. The molecule has 0 spiro atoms. The van der Waals surface area contributed by atoms with Crippen LogP contribution in [0.5, 0.6) is 5.75 Å². The standard InChI is InChI=1S/C36H45N4O2.Ni/c1-9-20-21(10-2)28-18-30-24(13-5)25(14-6)32(39-30)33(41)34-36(15-7,16-8)35(42)31(40-34)19-29-23(12-4)22(11-3)27(38-29)17-26(20)37-28;/h17-19H,9-16H2,1-8H3,(H2-,37,38,39,40,41,42);/q-1;+2/p-1. The van der Waals surface area contributed by atoms with Crippen molar-refractivity contribution < 1.29 is 26.4 Å². The Morgan fingerprint density at radius 2 is 1.12 bits per heavy atom. The van der Waals surface area contributed by atoms with Gasteiger partial charge in [-0.05, 0) is 79.7 Å². The Kier molecular flexibility index (Phi) is 9.76. The summed E-state index contributed by atoms with van der Waals surface area (Å²) in [4.78, 5) is 34.4. The second kappa shape index (κ2) is 12.8. The summed E-state index contributed by atoms with van der Waals surface area (Å²) < 4.78 is 0. The first kappa shape index (κ1) is 32.7. The Morgan fingerprint density at radius 1 is 0.651 bits per heavy atom. The Hall–Kier alpha value is -3.18. The van der Waals surface area contributed by atoms with Gasteiger partial charge in [0.1, 0.15) is 17.2 Å². The maximum Gasteiger partial charge on any atom is 2.00 e. The smallest absolute Gasteiger partial charge is 0.657 e. The molecule has 0 radical (unpaired) electrons. The van der Waals surface area contributed by atoms with Crippen LogP contribution in [0.1, 0.15) is 144 Å². The van der Waals surface area contributed by atoms with Crippen molar-refractivity contribution in [1.82, 2.24) is 19.9 Å². The van der Waals surface area contributed by atoms with Gasteiger partial charge in [0.2, 0.25) is 0 Å². The first-order chi connectivity index (χ1) is 20.3. The molecule has 0 amide bonds. The summed E-state index contributed by atoms with van der Waals surface area (Å²) in [5.41, 5.74) is 11.7. The van der Waals surface area contributed by atoms with E-state index in [1.165, 1.54) is 16.7 Å². The number of Topliss-reactive ketones (excluding diaryl/α,β-unsaturated/α-hetero) is 1. The van der Waals surface area contributed by atoms with Gasteiger partial charge in [0.25, 0.3) is 0 Å². The van der Waals surface area contributed by atoms with Crippen molar-refractivity contribution in [3.63, 3.8) is 0 Å². The Labute approximate surface area is 266 Å². The van der Waals surface area contributed by atoms with Crippen LogP contribution in [0.3, 0.4) is 0 Å². The van der Waals surface area contributed by atoms with E-state index in [9.17, 15) is 9.90 Å². The van der Waals surface area contributed by atoms with Crippen LogP contribution in [0.2, 0.25) is 0 Å². The average molecular weight is 623 g/mol. The zero-order chi connectivity index (χ0) is 30.3. The van der Waals surface area contributed by atoms with Gasteiger partial charge in [0.15, 0.2) is 0 Å². The SMILES string of the molecule is CCC1=C(CC)c2cc3[n-]c(cc4nc(c(O)c5[n-]c(cc1n2)C(=O)C5(CC)CC)C(CC)=C4CC)c(CC)c3CC.[Ni+2]. The third-order valence-electron chi connectivity index (χ3n) is 9.59. The molecule has 230 valence electrons. The Bertz CT molecular complexity index is 1700. The van der Waals surface area contributed by atoms with Crippen molar-refractivity contribution in [2.24, 2.45) is 0 Å². The molecule has 0 saturated carbocycles. The molecule has 6 nitrogen and oxygen atoms in total. The van der Waals surface area contributed by atoms with Gasteiger partial charge in [-0.3, -0.25) is 4.79 Å². The maximum atomic E-state index is 14.1. The molecular formula is C36H44N4NiO2. The van der Waals surface area contributed by atoms with Crippen molar-refractivity contribution in [2.75, 3.05) is 0 Å². The number of fused-ring (bicyclic) bond motifs is 8. The van der Waals surface area contributed by atoms with Crippen molar-refractivity contribution >= 4 is 39.1 Å². The normalized spacial score (nSPS) is 15.2. The number of carbonyl (C=O) groups is 1. The van der Waals surface area contributed by atoms with E-state index >= 15 is 0 Å². The summed E-state index contributed by atoms with van der Waals surface area (Å²) in [6, 6.07) is 6.08. The van der Waals surface area contributed by atoms with Crippen molar-refractivity contribution in [2.45, 2.75) is 112 Å². The summed E-state index contributed by atoms with van der Waals surface area (Å²) in [6.45, 7) is 16.9. The van der Waals surface area contributed by atoms with E-state index in [0.29, 0.717) is 36.3 Å². The van der Waals surface area contributed by atoms with Gasteiger partial charge in [0, 0.05) is 5.41 Å². The third kappa shape index (κ3) is 4.98. The summed E-state index contributed by atoms with van der Waals surface area (Å²) in [5.74, 6) is -0.0359. The molecule has 3 aliphatic rings. The van der Waals surface area contributed by atoms with E-state index in [4.69, 9.17) is 19.9 Å². The summed E-state index contributed by atoms with van der Waals surface area (Å²) in [7, 11) is 0. The summed E-state index contributed by atoms with van der Waals surface area (Å²) in [5, 5.41) is 12.0. The number of carbonyl (C=O) groups excluding carboxylic acids is 1. The van der Waals surface area contributed by atoms with Crippen LogP contribution < -0.4 is 9.97 Å². The molecule has 2 aromatic heterocycles. The fourth-order valence-electron chi connectivity index (χ4n) is 7.26. The molecule has 0 unspecified atom stereocenters. The van der Waals surface area contributed by atoms with Gasteiger partial charge in [-0.2, -0.15) is 0 Å². The van der Waals surface area contributed by atoms with Crippen molar-refractivity contribution in [3.05, 3.63) is 63.5 Å². The second-order valence-electron chi connectivity index (χ2n) is 11.3. The number of nitrogens with zero attached hydrogens (tertiary/aromatic N) is 4. The van der Waals surface area contributed by atoms with E-state index in [1.54, 1.807) is 0 Å². The molecule has 5 rings (SSSR count). The molecule has 0 saturated heterocycles. The Morgan fingerprint density at radius 3 is 1.58 bits per heavy atom. The van der Waals surface area contributed by atoms with Crippen molar-refractivity contribution in [3.8, 4) is 5.75 Å². The molecular weight excluding hydrogens is 579 g/mol. The van der Waals surface area contributed by atoms with Crippen LogP contribution in [0, 0.1) is 0 Å². The van der Waals surface area contributed by atoms with E-state index in [0.717, 1.165) is 76.9 Å². The first-order valence-corrected chi connectivity index (χ1v) is 15.9. The fourth-order valence-corrected chi connectivity index (χ4v) is 7.26. The molecule has 0 aromatic carbocycles. The number of rotatable bonds is 8. The molecule has 7 heteroatoms. The molecule has 0 aliphatic carbocycles. The minimum atomic E-state index is -0.904. The van der Waals surface area contributed by atoms with Gasteiger partial charge in [-0.15, -0.1) is 16.7 Å². The number of hydrogen-bond acceptors (Lipinski definition) is 4. The van der Waals surface area contributed by atoms with Crippen LogP contribution >= 0.6 is 0 Å². The molecule has 0 atom stereocenters. The van der Waals surface area contributed by atoms with Gasteiger partial charge in [-0.1, -0.05) is 84.3 Å². The zero-order valence-corrected chi connectivity index (χ0v) is 27.8. The van der Waals surface area contributed by atoms with E-state index in [-0.39, 0.29) is 28.0 Å². The fraction of sp³-hybridized carbons (Fsp3) is 0.472. The predicted octanol–water partition coefficient (Wildman–Crippen LogP) is 8.53. The predicted molar refractivity (Wildman–Crippen MR) is 172 cm³/mol. The quantitative estimate of drug-likeness (QED) is 0.297. The monoisotopic (exact) mass is 622 g/mol. The van der Waals surface area contributed by atoms with Crippen molar-refractivity contribution in [1.29, 1.82) is 0 Å². The summed E-state index contributed by atoms with van der Waals surface area (Å²) in [6.07, 6.45) is 5.93. The van der Waals surface area contributed by atoms with Crippen LogP contribution in [-0.4, -0.2) is 20.9 Å². The van der Waals surface area contributed by atoms with Gasteiger partial charge in [0.05, 0.1) is 17.1 Å². The number of ketones is 1. The number of hydrogen-bond donors (Lipinski definition) is 1. The minimum absolute atomic E-state index is 0. The van der Waals surface area contributed by atoms with Crippen LogP contribution in [0.15, 0.2) is 18.2 Å². The molecule has 5 heterocycles. The second-order valence-corrected chi connectivity index (χ2v) is 11.3. The van der Waals surface area contributed by atoms with Gasteiger partial charge >= 0.3 is 16.5 Å². The maximum absolute atomic E-state index is 14.1. The molecule has 1 N–H and O–H groups in total. The molecule has 3 aliphatic heterocycles. The number of allylic oxidation sites excluding steroid dienone is 4. The average Bonchev–Trinajstić information content (AvgIpc) is 3.71. The van der Waals surface area contributed by atoms with E-state index in [2.05, 4.69) is 53.7 Å². The number of aryl methyl sites for hydroxylation is 2.